The van der Waals surface area contributed by atoms with Crippen LogP contribution in [0.2, 0.25) is 0 Å². The van der Waals surface area contributed by atoms with E-state index in [9.17, 15) is 9.59 Å². The lowest BCUT2D eigenvalue weighted by Gasteiger charge is -2.11. The summed E-state index contributed by atoms with van der Waals surface area (Å²) < 4.78 is 16.0. The quantitative estimate of drug-likeness (QED) is 0.0951. The summed E-state index contributed by atoms with van der Waals surface area (Å²) in [7, 11) is 3.05. The molecule has 0 aliphatic heterocycles. The molecule has 3 rings (SSSR count). The predicted molar refractivity (Wildman–Crippen MR) is 164 cm³/mol. The summed E-state index contributed by atoms with van der Waals surface area (Å²) in [5.41, 5.74) is 4.22. The van der Waals surface area contributed by atoms with Gasteiger partial charge in [0, 0.05) is 17.6 Å². The third-order valence-corrected chi connectivity index (χ3v) is 7.51. The summed E-state index contributed by atoms with van der Waals surface area (Å²) >= 11 is 1.66. The Morgan fingerprint density at radius 1 is 0.878 bits per heavy atom. The fraction of sp³-hybridized carbons (Fsp3) is 0.364. The number of aliphatic carboxylic acids is 1. The van der Waals surface area contributed by atoms with Crippen molar-refractivity contribution in [1.82, 2.24) is 4.98 Å². The highest BCUT2D eigenvalue weighted by Gasteiger charge is 2.08. The zero-order chi connectivity index (χ0) is 29.3. The van der Waals surface area contributed by atoms with Crippen LogP contribution in [-0.2, 0) is 27.5 Å². The largest absolute Gasteiger partial charge is 0.497 e. The van der Waals surface area contributed by atoms with Gasteiger partial charge in [-0.05, 0) is 72.9 Å². The van der Waals surface area contributed by atoms with E-state index in [0.717, 1.165) is 48.8 Å². The van der Waals surface area contributed by atoms with E-state index in [1.54, 1.807) is 24.9 Å². The number of carboxylic acid groups (broad SMARTS) is 1. The molecule has 0 unspecified atom stereocenters. The lowest BCUT2D eigenvalue weighted by Crippen LogP contribution is -2.02. The third kappa shape index (κ3) is 11.7. The lowest BCUT2D eigenvalue weighted by molar-refractivity contribution is -0.131. The Labute approximate surface area is 246 Å². The Morgan fingerprint density at radius 2 is 1.63 bits per heavy atom. The Morgan fingerprint density at radius 3 is 2.37 bits per heavy atom. The second-order valence-electron chi connectivity index (χ2n) is 9.61. The molecule has 0 saturated carbocycles. The Balaban J connectivity index is 1.40. The fourth-order valence-corrected chi connectivity index (χ4v) is 5.16. The number of pyridine rings is 1. The number of carbonyl (C=O) groups is 2. The normalized spacial score (nSPS) is 11.0. The van der Waals surface area contributed by atoms with Gasteiger partial charge in [-0.1, -0.05) is 49.9 Å². The minimum absolute atomic E-state index is 0.357. The zero-order valence-corrected chi connectivity index (χ0v) is 24.7. The van der Waals surface area contributed by atoms with E-state index in [-0.39, 0.29) is 5.97 Å². The number of aromatic nitrogens is 1. The molecule has 1 heterocycles. The molecule has 3 aromatic rings. The van der Waals surface area contributed by atoms with Crippen LogP contribution >= 0.6 is 11.8 Å². The highest BCUT2D eigenvalue weighted by atomic mass is 32.2. The summed E-state index contributed by atoms with van der Waals surface area (Å²) in [5.74, 6) is 1.42. The minimum Gasteiger partial charge on any atom is -0.497 e. The molecule has 0 aliphatic carbocycles. The molecular formula is C33H39NO6S. The van der Waals surface area contributed by atoms with Crippen molar-refractivity contribution in [2.24, 2.45) is 0 Å². The van der Waals surface area contributed by atoms with Crippen molar-refractivity contribution < 1.29 is 28.9 Å². The van der Waals surface area contributed by atoms with E-state index in [0.29, 0.717) is 35.1 Å². The summed E-state index contributed by atoms with van der Waals surface area (Å²) in [5, 5.41) is 9.11. The minimum atomic E-state index is -1.03. The van der Waals surface area contributed by atoms with Crippen molar-refractivity contribution in [3.8, 4) is 11.5 Å². The van der Waals surface area contributed by atoms with Crippen LogP contribution in [0.3, 0.4) is 0 Å². The molecule has 0 saturated heterocycles. The summed E-state index contributed by atoms with van der Waals surface area (Å²) in [6.45, 7) is 0.562. The third-order valence-electron chi connectivity index (χ3n) is 6.47. The van der Waals surface area contributed by atoms with Crippen LogP contribution in [0.1, 0.15) is 71.4 Å². The van der Waals surface area contributed by atoms with Crippen LogP contribution in [0.4, 0.5) is 0 Å². The van der Waals surface area contributed by atoms with Crippen LogP contribution in [-0.4, -0.2) is 42.9 Å². The van der Waals surface area contributed by atoms with Gasteiger partial charge in [0.25, 0.3) is 0 Å². The van der Waals surface area contributed by atoms with Gasteiger partial charge in [0.15, 0.2) is 0 Å². The van der Waals surface area contributed by atoms with Crippen molar-refractivity contribution >= 4 is 29.8 Å². The predicted octanol–water partition coefficient (Wildman–Crippen LogP) is 7.37. The smallest absolute Gasteiger partial charge is 0.337 e. The van der Waals surface area contributed by atoms with E-state index < -0.39 is 5.97 Å². The molecule has 1 N–H and O–H groups in total. The maximum atomic E-state index is 11.8. The SMILES string of the molecule is COC(=O)c1cccc(CSCc2ccc(OCCCCCCCCc3ccc(OC)cc3)c(/C=C/C(=O)O)n2)c1. The number of unbranched alkanes of at least 4 members (excludes halogenated alkanes) is 5. The number of hydrogen-bond acceptors (Lipinski definition) is 7. The van der Waals surface area contributed by atoms with E-state index in [2.05, 4.69) is 17.1 Å². The van der Waals surface area contributed by atoms with Crippen molar-refractivity contribution in [2.45, 2.75) is 56.5 Å². The number of nitrogens with zero attached hydrogens (tertiary/aromatic N) is 1. The van der Waals surface area contributed by atoms with Crippen molar-refractivity contribution in [3.63, 3.8) is 0 Å². The van der Waals surface area contributed by atoms with Gasteiger partial charge in [0.05, 0.1) is 32.1 Å². The molecule has 2 aromatic carbocycles. The topological polar surface area (TPSA) is 95.0 Å². The van der Waals surface area contributed by atoms with Crippen LogP contribution in [0, 0.1) is 0 Å². The molecule has 7 nitrogen and oxygen atoms in total. The second-order valence-corrected chi connectivity index (χ2v) is 10.6. The molecule has 0 aliphatic rings. The maximum Gasteiger partial charge on any atom is 0.337 e. The molecule has 0 spiro atoms. The molecule has 0 radical (unpaired) electrons. The number of esters is 1. The Bertz CT molecular complexity index is 1270. The fourth-order valence-electron chi connectivity index (χ4n) is 4.27. The lowest BCUT2D eigenvalue weighted by atomic mass is 10.0. The number of thioether (sulfide) groups is 1. The number of carbonyl (C=O) groups excluding carboxylic acids is 1. The molecule has 0 bridgehead atoms. The number of aryl methyl sites for hydroxylation is 1. The van der Waals surface area contributed by atoms with Gasteiger partial charge in [-0.15, -0.1) is 0 Å². The van der Waals surface area contributed by atoms with E-state index in [1.807, 2.05) is 42.5 Å². The van der Waals surface area contributed by atoms with E-state index in [1.165, 1.54) is 38.0 Å². The second kappa shape index (κ2) is 17.8. The first kappa shape index (κ1) is 31.7. The van der Waals surface area contributed by atoms with Crippen molar-refractivity contribution in [3.05, 3.63) is 94.8 Å². The van der Waals surface area contributed by atoms with Gasteiger partial charge in [-0.25, -0.2) is 14.6 Å². The first-order valence-electron chi connectivity index (χ1n) is 13.9. The Kier molecular flexibility index (Phi) is 13.8. The number of carboxylic acids is 1. The highest BCUT2D eigenvalue weighted by Crippen LogP contribution is 2.23. The number of rotatable bonds is 18. The summed E-state index contributed by atoms with van der Waals surface area (Å²) in [6, 6.07) is 19.4. The van der Waals surface area contributed by atoms with Crippen molar-refractivity contribution in [2.75, 3.05) is 20.8 Å². The standard InChI is InChI=1S/C33H39NO6S/c1-38-29-16-13-25(14-17-29)10-7-5-3-4-6-8-21-40-31-19-15-28(34-30(31)18-20-32(35)36)24-41-23-26-11-9-12-27(22-26)33(37)39-2/h9,11-20,22H,3-8,10,21,23-24H2,1-2H3,(H,35,36)/b20-18+. The van der Waals surface area contributed by atoms with E-state index >= 15 is 0 Å². The summed E-state index contributed by atoms with van der Waals surface area (Å²) in [4.78, 5) is 27.5. The molecule has 218 valence electrons. The average molecular weight is 578 g/mol. The molecule has 0 fully saturated rings. The van der Waals surface area contributed by atoms with Gasteiger partial charge < -0.3 is 19.3 Å². The Hall–Kier alpha value is -3.78. The molecule has 0 atom stereocenters. The number of ether oxygens (including phenoxy) is 3. The van der Waals surface area contributed by atoms with E-state index in [4.69, 9.17) is 19.3 Å². The number of hydrogen-bond donors (Lipinski definition) is 1. The van der Waals surface area contributed by atoms with Crippen LogP contribution in [0.15, 0.2) is 66.7 Å². The van der Waals surface area contributed by atoms with Crippen LogP contribution in [0.5, 0.6) is 11.5 Å². The van der Waals surface area contributed by atoms with Crippen LogP contribution < -0.4 is 9.47 Å². The molecule has 0 amide bonds. The molecule has 1 aromatic heterocycles. The van der Waals surface area contributed by atoms with Gasteiger partial charge in [0.1, 0.15) is 17.2 Å². The first-order chi connectivity index (χ1) is 20.0. The van der Waals surface area contributed by atoms with Gasteiger partial charge >= 0.3 is 11.9 Å². The van der Waals surface area contributed by atoms with Gasteiger partial charge in [-0.2, -0.15) is 11.8 Å². The number of benzene rings is 2. The first-order valence-corrected chi connectivity index (χ1v) is 15.1. The summed E-state index contributed by atoms with van der Waals surface area (Å²) in [6.07, 6.45) is 10.4. The maximum absolute atomic E-state index is 11.8. The zero-order valence-electron chi connectivity index (χ0n) is 23.8. The van der Waals surface area contributed by atoms with Crippen molar-refractivity contribution in [1.29, 1.82) is 0 Å². The van der Waals surface area contributed by atoms with Gasteiger partial charge in [0.2, 0.25) is 0 Å². The average Bonchev–Trinajstić information content (AvgIpc) is 2.99. The molecule has 8 heteroatoms. The molecular weight excluding hydrogens is 538 g/mol. The van der Waals surface area contributed by atoms with Crippen LogP contribution in [0.25, 0.3) is 6.08 Å². The monoisotopic (exact) mass is 577 g/mol. The molecule has 41 heavy (non-hydrogen) atoms. The number of methoxy groups -OCH3 is 2. The van der Waals surface area contributed by atoms with Gasteiger partial charge in [-0.3, -0.25) is 0 Å². The highest BCUT2D eigenvalue weighted by molar-refractivity contribution is 7.97.